The van der Waals surface area contributed by atoms with Gasteiger partial charge in [-0.1, -0.05) is 0 Å². The van der Waals surface area contributed by atoms with Crippen LogP contribution in [0.25, 0.3) is 11.0 Å². The Hall–Kier alpha value is -3.40. The van der Waals surface area contributed by atoms with Crippen LogP contribution in [0.15, 0.2) is 28.7 Å². The number of amides is 1. The largest absolute Gasteiger partial charge is 0.433 e. The van der Waals surface area contributed by atoms with Gasteiger partial charge in [0, 0.05) is 19.1 Å². The summed E-state index contributed by atoms with van der Waals surface area (Å²) in [5, 5.41) is 13.7. The molecule has 2 aromatic heterocycles. The lowest BCUT2D eigenvalue weighted by Gasteiger charge is -2.30. The fourth-order valence-electron chi connectivity index (χ4n) is 3.94. The van der Waals surface area contributed by atoms with Gasteiger partial charge in [-0.05, 0) is 38.0 Å². The van der Waals surface area contributed by atoms with Crippen molar-refractivity contribution in [2.75, 3.05) is 36.5 Å². The number of ether oxygens (including phenoxy) is 1. The number of morpholine rings is 1. The number of nitrogens with one attached hydrogen (secondary N) is 1. The lowest BCUT2D eigenvalue weighted by atomic mass is 10.2. The van der Waals surface area contributed by atoms with E-state index >= 15 is 0 Å². The van der Waals surface area contributed by atoms with Crippen LogP contribution < -0.4 is 10.2 Å². The van der Waals surface area contributed by atoms with Gasteiger partial charge >= 0.3 is 5.88 Å². The van der Waals surface area contributed by atoms with Gasteiger partial charge in [-0.25, -0.2) is 4.98 Å². The second-order valence-corrected chi connectivity index (χ2v) is 7.57. The van der Waals surface area contributed by atoms with Crippen molar-refractivity contribution in [2.45, 2.75) is 25.8 Å². The first-order valence-corrected chi connectivity index (χ1v) is 9.92. The molecule has 156 valence electrons. The van der Waals surface area contributed by atoms with Gasteiger partial charge in [0.1, 0.15) is 10.7 Å². The third kappa shape index (κ3) is 3.28. The van der Waals surface area contributed by atoms with Crippen LogP contribution in [0.5, 0.6) is 0 Å². The average Bonchev–Trinajstić information content (AvgIpc) is 3.33. The number of nitrogens with zero attached hydrogens (tertiary/aromatic N) is 4. The molecule has 1 aromatic carbocycles. The van der Waals surface area contributed by atoms with Gasteiger partial charge in [0.25, 0.3) is 5.91 Å². The Morgan fingerprint density at radius 3 is 2.70 bits per heavy atom. The van der Waals surface area contributed by atoms with Gasteiger partial charge in [-0.2, -0.15) is 0 Å². The van der Waals surface area contributed by atoms with Gasteiger partial charge in [0.15, 0.2) is 5.76 Å². The molecule has 3 heterocycles. The number of rotatable bonds is 5. The molecule has 1 aliphatic heterocycles. The molecule has 0 unspecified atom stereocenters. The Labute approximate surface area is 171 Å². The van der Waals surface area contributed by atoms with Gasteiger partial charge in [-0.3, -0.25) is 14.9 Å². The monoisotopic (exact) mass is 411 g/mol. The van der Waals surface area contributed by atoms with Crippen molar-refractivity contribution in [3.05, 3.63) is 46.0 Å². The topological polar surface area (TPSA) is 116 Å². The summed E-state index contributed by atoms with van der Waals surface area (Å²) < 4.78 is 12.8. The van der Waals surface area contributed by atoms with E-state index in [2.05, 4.69) is 25.8 Å². The highest BCUT2D eigenvalue weighted by Crippen LogP contribution is 2.41. The number of furan rings is 1. The van der Waals surface area contributed by atoms with E-state index in [1.165, 1.54) is 12.1 Å². The normalized spacial score (nSPS) is 16.8. The Balaban J connectivity index is 1.54. The number of carbonyl (C=O) groups excluding carboxylic acids is 1. The van der Waals surface area contributed by atoms with Gasteiger partial charge < -0.3 is 23.9 Å². The molecule has 10 heteroatoms. The number of aryl methyl sites for hydroxylation is 1. The van der Waals surface area contributed by atoms with Crippen molar-refractivity contribution in [1.82, 2.24) is 9.55 Å². The average molecular weight is 411 g/mol. The Kier molecular flexibility index (Phi) is 4.43. The van der Waals surface area contributed by atoms with E-state index in [9.17, 15) is 14.9 Å². The summed E-state index contributed by atoms with van der Waals surface area (Å²) in [5.41, 5.74) is 3.32. The van der Waals surface area contributed by atoms with Crippen LogP contribution in [0.1, 0.15) is 35.3 Å². The summed E-state index contributed by atoms with van der Waals surface area (Å²) in [6.45, 7) is 4.62. The third-order valence-electron chi connectivity index (χ3n) is 5.49. The van der Waals surface area contributed by atoms with Crippen LogP contribution >= 0.6 is 0 Å². The summed E-state index contributed by atoms with van der Waals surface area (Å²) >= 11 is 0. The summed E-state index contributed by atoms with van der Waals surface area (Å²) in [6, 6.07) is 6.88. The van der Waals surface area contributed by atoms with Gasteiger partial charge in [0.2, 0.25) is 0 Å². The van der Waals surface area contributed by atoms with Crippen LogP contribution in [0, 0.1) is 17.0 Å². The van der Waals surface area contributed by atoms with Crippen LogP contribution in [0.4, 0.5) is 17.3 Å². The van der Waals surface area contributed by atoms with E-state index in [-0.39, 0.29) is 5.76 Å². The van der Waals surface area contributed by atoms with E-state index in [4.69, 9.17) is 9.15 Å². The minimum absolute atomic E-state index is 0.116. The van der Waals surface area contributed by atoms with Crippen molar-refractivity contribution in [1.29, 1.82) is 0 Å². The predicted molar refractivity (Wildman–Crippen MR) is 109 cm³/mol. The SMILES string of the molecule is Cc1nc2cc(NC(=O)c3ccc([N+](=O)[O-])o3)c(N3CCOCC3)cc2n1C1CC1. The highest BCUT2D eigenvalue weighted by atomic mass is 16.6. The molecule has 1 saturated heterocycles. The third-order valence-corrected chi connectivity index (χ3v) is 5.49. The number of nitro groups is 1. The van der Waals surface area contributed by atoms with Crippen molar-refractivity contribution >= 4 is 34.2 Å². The van der Waals surface area contributed by atoms with Gasteiger partial charge in [-0.15, -0.1) is 0 Å². The Morgan fingerprint density at radius 1 is 1.27 bits per heavy atom. The Morgan fingerprint density at radius 2 is 2.03 bits per heavy atom. The molecule has 1 amide bonds. The molecule has 1 saturated carbocycles. The molecule has 1 aliphatic carbocycles. The maximum Gasteiger partial charge on any atom is 0.433 e. The van der Waals surface area contributed by atoms with E-state index < -0.39 is 16.7 Å². The predicted octanol–water partition coefficient (Wildman–Crippen LogP) is 3.27. The van der Waals surface area contributed by atoms with Gasteiger partial charge in [0.05, 0.1) is 41.7 Å². The molecule has 3 aromatic rings. The van der Waals surface area contributed by atoms with E-state index in [1.54, 1.807) is 0 Å². The molecule has 0 radical (unpaired) electrons. The van der Waals surface area contributed by atoms with Crippen LogP contribution in [-0.2, 0) is 4.74 Å². The number of imidazole rings is 1. The summed E-state index contributed by atoms with van der Waals surface area (Å²) in [7, 11) is 0. The van der Waals surface area contributed by atoms with E-state index in [0.717, 1.165) is 35.4 Å². The van der Waals surface area contributed by atoms with E-state index in [1.807, 2.05) is 13.0 Å². The number of fused-ring (bicyclic) bond motifs is 1. The molecular weight excluding hydrogens is 390 g/mol. The first-order chi connectivity index (χ1) is 14.5. The minimum Gasteiger partial charge on any atom is -0.395 e. The van der Waals surface area contributed by atoms with Crippen molar-refractivity contribution < 1.29 is 18.9 Å². The van der Waals surface area contributed by atoms with E-state index in [0.29, 0.717) is 38.0 Å². The number of carbonyl (C=O) groups is 1. The number of anilines is 2. The fourth-order valence-corrected chi connectivity index (χ4v) is 3.94. The summed E-state index contributed by atoms with van der Waals surface area (Å²) in [4.78, 5) is 29.7. The number of benzene rings is 1. The van der Waals surface area contributed by atoms with Crippen molar-refractivity contribution in [3.8, 4) is 0 Å². The second-order valence-electron chi connectivity index (χ2n) is 7.57. The molecule has 2 aliphatic rings. The van der Waals surface area contributed by atoms with Crippen LogP contribution in [0.2, 0.25) is 0 Å². The molecule has 2 fully saturated rings. The summed E-state index contributed by atoms with van der Waals surface area (Å²) in [6.07, 6.45) is 2.30. The number of hydrogen-bond donors (Lipinski definition) is 1. The quantitative estimate of drug-likeness (QED) is 0.506. The maximum absolute atomic E-state index is 12.7. The highest BCUT2D eigenvalue weighted by molar-refractivity contribution is 6.06. The second kappa shape index (κ2) is 7.13. The first kappa shape index (κ1) is 18.6. The van der Waals surface area contributed by atoms with Crippen molar-refractivity contribution in [3.63, 3.8) is 0 Å². The molecule has 10 nitrogen and oxygen atoms in total. The zero-order chi connectivity index (χ0) is 20.8. The maximum atomic E-state index is 12.7. The number of hydrogen-bond acceptors (Lipinski definition) is 7. The molecule has 0 atom stereocenters. The Bertz CT molecular complexity index is 1140. The first-order valence-electron chi connectivity index (χ1n) is 9.92. The molecule has 0 spiro atoms. The zero-order valence-electron chi connectivity index (χ0n) is 16.5. The number of aromatic nitrogens is 2. The molecule has 0 bridgehead atoms. The standard InChI is InChI=1S/C20H21N5O5/c1-12-21-15-10-14(22-20(26)18-4-5-19(30-18)25(27)28)16(23-6-8-29-9-7-23)11-17(15)24(12)13-2-3-13/h4-5,10-11,13H,2-3,6-9H2,1H3,(H,22,26). The molecular formula is C20H21N5O5. The smallest absolute Gasteiger partial charge is 0.395 e. The highest BCUT2D eigenvalue weighted by Gasteiger charge is 2.28. The minimum atomic E-state index is -0.671. The molecule has 1 N–H and O–H groups in total. The van der Waals surface area contributed by atoms with Crippen molar-refractivity contribution in [2.24, 2.45) is 0 Å². The fraction of sp³-hybridized carbons (Fsp3) is 0.400. The van der Waals surface area contributed by atoms with Crippen LogP contribution in [0.3, 0.4) is 0 Å². The summed E-state index contributed by atoms with van der Waals surface area (Å²) in [5.74, 6) is -0.182. The lowest BCUT2D eigenvalue weighted by Crippen LogP contribution is -2.36. The zero-order valence-corrected chi connectivity index (χ0v) is 16.5. The van der Waals surface area contributed by atoms with Crippen LogP contribution in [-0.4, -0.2) is 46.7 Å². The molecule has 5 rings (SSSR count). The molecule has 30 heavy (non-hydrogen) atoms. The lowest BCUT2D eigenvalue weighted by molar-refractivity contribution is -0.402.